The molecule has 0 radical (unpaired) electrons. The Morgan fingerprint density at radius 3 is 2.80 bits per heavy atom. The minimum absolute atomic E-state index is 0. The number of rotatable bonds is 5. The second-order valence-corrected chi connectivity index (χ2v) is 4.71. The van der Waals surface area contributed by atoms with Gasteiger partial charge in [-0.15, -0.1) is 24.0 Å². The molecule has 5 heteroatoms. The molecule has 0 bridgehead atoms. The molecule has 0 heterocycles. The summed E-state index contributed by atoms with van der Waals surface area (Å²) in [4.78, 5) is 4.21. The summed E-state index contributed by atoms with van der Waals surface area (Å²) >= 11 is 6.00. The molecule has 1 rings (SSSR count). The minimum atomic E-state index is 0. The van der Waals surface area contributed by atoms with E-state index >= 15 is 0 Å². The van der Waals surface area contributed by atoms with E-state index in [1.165, 1.54) is 0 Å². The quantitative estimate of drug-likeness (QED) is 0.253. The SMILES string of the molecule is C/C=C/CCNC(=NC)NC(C)c1cccc(Cl)c1.I. The van der Waals surface area contributed by atoms with Crippen molar-refractivity contribution in [3.63, 3.8) is 0 Å². The summed E-state index contributed by atoms with van der Waals surface area (Å²) in [6.45, 7) is 4.98. The van der Waals surface area contributed by atoms with Crippen LogP contribution >= 0.6 is 35.6 Å². The van der Waals surface area contributed by atoms with Gasteiger partial charge in [0.05, 0.1) is 6.04 Å². The Morgan fingerprint density at radius 2 is 2.20 bits per heavy atom. The summed E-state index contributed by atoms with van der Waals surface area (Å²) in [7, 11) is 1.77. The first-order valence-corrected chi connectivity index (χ1v) is 6.89. The number of guanidine groups is 1. The minimum Gasteiger partial charge on any atom is -0.356 e. The van der Waals surface area contributed by atoms with Gasteiger partial charge < -0.3 is 10.6 Å². The normalized spacial score (nSPS) is 12.9. The van der Waals surface area contributed by atoms with Gasteiger partial charge in [0, 0.05) is 18.6 Å². The summed E-state index contributed by atoms with van der Waals surface area (Å²) in [6.07, 6.45) is 5.16. The maximum absolute atomic E-state index is 6.00. The molecule has 112 valence electrons. The van der Waals surface area contributed by atoms with Crippen LogP contribution in [0.25, 0.3) is 0 Å². The Morgan fingerprint density at radius 1 is 1.45 bits per heavy atom. The third-order valence-corrected chi connectivity index (χ3v) is 3.00. The van der Waals surface area contributed by atoms with Crippen molar-refractivity contribution >= 4 is 41.5 Å². The summed E-state index contributed by atoms with van der Waals surface area (Å²) in [5, 5.41) is 7.37. The maximum Gasteiger partial charge on any atom is 0.191 e. The van der Waals surface area contributed by atoms with Crippen LogP contribution in [0.15, 0.2) is 41.4 Å². The maximum atomic E-state index is 6.00. The zero-order valence-electron chi connectivity index (χ0n) is 12.2. The van der Waals surface area contributed by atoms with Crippen molar-refractivity contribution in [1.82, 2.24) is 10.6 Å². The molecule has 0 amide bonds. The second-order valence-electron chi connectivity index (χ2n) is 4.28. The van der Waals surface area contributed by atoms with Crippen LogP contribution in [0.5, 0.6) is 0 Å². The molecule has 2 N–H and O–H groups in total. The molecule has 1 atom stereocenters. The van der Waals surface area contributed by atoms with E-state index in [2.05, 4.69) is 34.7 Å². The predicted octanol–water partition coefficient (Wildman–Crippen LogP) is 4.15. The van der Waals surface area contributed by atoms with E-state index in [4.69, 9.17) is 11.6 Å². The van der Waals surface area contributed by atoms with Crippen LogP contribution in [-0.2, 0) is 0 Å². The average molecular weight is 408 g/mol. The van der Waals surface area contributed by atoms with Gasteiger partial charge in [0.25, 0.3) is 0 Å². The van der Waals surface area contributed by atoms with Crippen LogP contribution in [0.2, 0.25) is 5.02 Å². The van der Waals surface area contributed by atoms with Crippen molar-refractivity contribution in [2.24, 2.45) is 4.99 Å². The zero-order valence-corrected chi connectivity index (χ0v) is 15.3. The fraction of sp³-hybridized carbons (Fsp3) is 0.400. The fourth-order valence-electron chi connectivity index (χ4n) is 1.70. The van der Waals surface area contributed by atoms with Gasteiger partial charge in [0.2, 0.25) is 0 Å². The molecule has 0 spiro atoms. The smallest absolute Gasteiger partial charge is 0.191 e. The molecule has 1 aromatic carbocycles. The van der Waals surface area contributed by atoms with Crippen LogP contribution in [0, 0.1) is 0 Å². The zero-order chi connectivity index (χ0) is 14.1. The number of hydrogen-bond acceptors (Lipinski definition) is 1. The summed E-state index contributed by atoms with van der Waals surface area (Å²) in [5.74, 6) is 0.803. The molecule has 0 aromatic heterocycles. The summed E-state index contributed by atoms with van der Waals surface area (Å²) in [5.41, 5.74) is 1.14. The Kier molecular flexibility index (Phi) is 10.6. The number of nitrogens with zero attached hydrogens (tertiary/aromatic N) is 1. The van der Waals surface area contributed by atoms with Crippen molar-refractivity contribution in [3.05, 3.63) is 47.0 Å². The highest BCUT2D eigenvalue weighted by molar-refractivity contribution is 14.0. The van der Waals surface area contributed by atoms with E-state index in [1.807, 2.05) is 31.2 Å². The number of hydrogen-bond donors (Lipinski definition) is 2. The van der Waals surface area contributed by atoms with Gasteiger partial charge in [-0.05, 0) is 38.0 Å². The molecule has 0 saturated carbocycles. The van der Waals surface area contributed by atoms with Crippen LogP contribution < -0.4 is 10.6 Å². The summed E-state index contributed by atoms with van der Waals surface area (Å²) < 4.78 is 0. The first kappa shape index (κ1) is 19.2. The lowest BCUT2D eigenvalue weighted by Gasteiger charge is -2.18. The molecule has 1 aromatic rings. The van der Waals surface area contributed by atoms with Crippen molar-refractivity contribution < 1.29 is 0 Å². The third kappa shape index (κ3) is 7.14. The molecular formula is C15H23ClIN3. The van der Waals surface area contributed by atoms with Crippen LogP contribution in [0.3, 0.4) is 0 Å². The van der Waals surface area contributed by atoms with Crippen LogP contribution in [0.1, 0.15) is 31.9 Å². The number of halogens is 2. The molecular weight excluding hydrogens is 385 g/mol. The Labute approximate surface area is 143 Å². The fourth-order valence-corrected chi connectivity index (χ4v) is 1.90. The standard InChI is InChI=1S/C15H22ClN3.HI/c1-4-5-6-10-18-15(17-3)19-12(2)13-8-7-9-14(16)11-13;/h4-5,7-9,11-12H,6,10H2,1-3H3,(H2,17,18,19);1H/b5-4+;. The van der Waals surface area contributed by atoms with E-state index in [0.29, 0.717) is 0 Å². The molecule has 0 fully saturated rings. The number of aliphatic imine (C=N–C) groups is 1. The van der Waals surface area contributed by atoms with Crippen molar-refractivity contribution in [1.29, 1.82) is 0 Å². The van der Waals surface area contributed by atoms with Crippen LogP contribution in [-0.4, -0.2) is 19.6 Å². The van der Waals surface area contributed by atoms with E-state index < -0.39 is 0 Å². The van der Waals surface area contributed by atoms with Gasteiger partial charge in [0.15, 0.2) is 5.96 Å². The molecule has 3 nitrogen and oxygen atoms in total. The lowest BCUT2D eigenvalue weighted by atomic mass is 10.1. The monoisotopic (exact) mass is 407 g/mol. The van der Waals surface area contributed by atoms with E-state index in [1.54, 1.807) is 7.05 Å². The number of allylic oxidation sites excluding steroid dienone is 1. The molecule has 0 saturated heterocycles. The van der Waals surface area contributed by atoms with Gasteiger partial charge in [-0.2, -0.15) is 0 Å². The number of nitrogens with one attached hydrogen (secondary N) is 2. The molecule has 20 heavy (non-hydrogen) atoms. The molecule has 0 aliphatic rings. The highest BCUT2D eigenvalue weighted by atomic mass is 127. The Balaban J connectivity index is 0.00000361. The van der Waals surface area contributed by atoms with Crippen molar-refractivity contribution in [3.8, 4) is 0 Å². The lowest BCUT2D eigenvalue weighted by molar-refractivity contribution is 0.686. The molecule has 0 aliphatic carbocycles. The van der Waals surface area contributed by atoms with Gasteiger partial charge in [-0.1, -0.05) is 35.9 Å². The Bertz CT molecular complexity index is 446. The van der Waals surface area contributed by atoms with Gasteiger partial charge in [-0.25, -0.2) is 0 Å². The number of benzene rings is 1. The highest BCUT2D eigenvalue weighted by Crippen LogP contribution is 2.17. The largest absolute Gasteiger partial charge is 0.356 e. The lowest BCUT2D eigenvalue weighted by Crippen LogP contribution is -2.39. The Hall–Kier alpha value is -0.750. The molecule has 1 unspecified atom stereocenters. The van der Waals surface area contributed by atoms with Gasteiger partial charge >= 0.3 is 0 Å². The predicted molar refractivity (Wildman–Crippen MR) is 99.2 cm³/mol. The van der Waals surface area contributed by atoms with Crippen molar-refractivity contribution in [2.75, 3.05) is 13.6 Å². The van der Waals surface area contributed by atoms with Gasteiger partial charge in [0.1, 0.15) is 0 Å². The van der Waals surface area contributed by atoms with E-state index in [9.17, 15) is 0 Å². The van der Waals surface area contributed by atoms with E-state index in [-0.39, 0.29) is 30.0 Å². The highest BCUT2D eigenvalue weighted by Gasteiger charge is 2.07. The van der Waals surface area contributed by atoms with Crippen molar-refractivity contribution in [2.45, 2.75) is 26.3 Å². The first-order chi connectivity index (χ1) is 9.17. The molecule has 0 aliphatic heterocycles. The second kappa shape index (κ2) is 11.0. The van der Waals surface area contributed by atoms with E-state index in [0.717, 1.165) is 29.5 Å². The third-order valence-electron chi connectivity index (χ3n) is 2.76. The summed E-state index contributed by atoms with van der Waals surface area (Å²) in [6, 6.07) is 8.01. The van der Waals surface area contributed by atoms with Crippen LogP contribution in [0.4, 0.5) is 0 Å². The van der Waals surface area contributed by atoms with Gasteiger partial charge in [-0.3, -0.25) is 4.99 Å². The average Bonchev–Trinajstić information content (AvgIpc) is 2.42. The topological polar surface area (TPSA) is 36.4 Å². The first-order valence-electron chi connectivity index (χ1n) is 6.51.